The summed E-state index contributed by atoms with van der Waals surface area (Å²) >= 11 is 0. The van der Waals surface area contributed by atoms with Crippen LogP contribution in [0.4, 0.5) is 8.78 Å². The van der Waals surface area contributed by atoms with Gasteiger partial charge in [-0.3, -0.25) is 0 Å². The maximum Gasteiger partial charge on any atom is 0.165 e. The predicted octanol–water partition coefficient (Wildman–Crippen LogP) is 3.76. The first-order valence-electron chi connectivity index (χ1n) is 6.81. The molecule has 0 aliphatic heterocycles. The molecule has 1 aromatic carbocycles. The molecular formula is C15H23F2NO. The second kappa shape index (κ2) is 8.10. The molecule has 1 atom stereocenters. The van der Waals surface area contributed by atoms with Crippen LogP contribution in [0.3, 0.4) is 0 Å². The minimum absolute atomic E-state index is 0.0114. The van der Waals surface area contributed by atoms with Crippen LogP contribution in [-0.2, 0) is 0 Å². The Labute approximate surface area is 114 Å². The van der Waals surface area contributed by atoms with Crippen molar-refractivity contribution in [2.45, 2.75) is 39.7 Å². The van der Waals surface area contributed by atoms with E-state index in [1.54, 1.807) is 0 Å². The van der Waals surface area contributed by atoms with E-state index in [0.717, 1.165) is 44.1 Å². The summed E-state index contributed by atoms with van der Waals surface area (Å²) in [7, 11) is 0. The van der Waals surface area contributed by atoms with E-state index in [1.807, 2.05) is 6.92 Å². The smallest absolute Gasteiger partial charge is 0.165 e. The molecule has 2 nitrogen and oxygen atoms in total. The Morgan fingerprint density at radius 1 is 1.21 bits per heavy atom. The molecule has 108 valence electrons. The molecule has 0 aromatic heterocycles. The Bertz CT molecular complexity index is 382. The summed E-state index contributed by atoms with van der Waals surface area (Å²) in [5.74, 6) is -0.383. The molecule has 1 rings (SSSR count). The first-order chi connectivity index (χ1) is 8.99. The summed E-state index contributed by atoms with van der Waals surface area (Å²) in [5.41, 5.74) is 0. The van der Waals surface area contributed by atoms with Gasteiger partial charge in [-0.2, -0.15) is 0 Å². The van der Waals surface area contributed by atoms with Gasteiger partial charge in [0.25, 0.3) is 0 Å². The zero-order chi connectivity index (χ0) is 14.3. The van der Waals surface area contributed by atoms with Crippen LogP contribution in [0.1, 0.15) is 33.6 Å². The first kappa shape index (κ1) is 15.9. The van der Waals surface area contributed by atoms with E-state index in [9.17, 15) is 8.78 Å². The second-order valence-corrected chi connectivity index (χ2v) is 5.24. The van der Waals surface area contributed by atoms with Crippen molar-refractivity contribution in [1.82, 2.24) is 5.32 Å². The van der Waals surface area contributed by atoms with Gasteiger partial charge in [0.05, 0.1) is 6.10 Å². The van der Waals surface area contributed by atoms with Gasteiger partial charge in [0.2, 0.25) is 0 Å². The molecule has 1 unspecified atom stereocenters. The van der Waals surface area contributed by atoms with E-state index in [4.69, 9.17) is 4.74 Å². The first-order valence-corrected chi connectivity index (χ1v) is 6.81. The third kappa shape index (κ3) is 6.53. The van der Waals surface area contributed by atoms with Crippen molar-refractivity contribution < 1.29 is 13.5 Å². The molecule has 4 heteroatoms. The molecule has 0 radical (unpaired) electrons. The van der Waals surface area contributed by atoms with E-state index < -0.39 is 11.6 Å². The SMILES string of the molecule is CC(C)CNCCCC(C)Oc1cc(F)ccc1F. The molecule has 0 saturated carbocycles. The van der Waals surface area contributed by atoms with Crippen molar-refractivity contribution in [2.75, 3.05) is 13.1 Å². The van der Waals surface area contributed by atoms with Crippen LogP contribution in [0.15, 0.2) is 18.2 Å². The lowest BCUT2D eigenvalue weighted by atomic mass is 10.2. The average molecular weight is 271 g/mol. The van der Waals surface area contributed by atoms with Crippen molar-refractivity contribution in [3.8, 4) is 5.75 Å². The van der Waals surface area contributed by atoms with E-state index in [1.165, 1.54) is 0 Å². The van der Waals surface area contributed by atoms with E-state index >= 15 is 0 Å². The van der Waals surface area contributed by atoms with Crippen molar-refractivity contribution in [3.05, 3.63) is 29.8 Å². The second-order valence-electron chi connectivity index (χ2n) is 5.24. The van der Waals surface area contributed by atoms with Gasteiger partial charge < -0.3 is 10.1 Å². The summed E-state index contributed by atoms with van der Waals surface area (Å²) in [6.07, 6.45) is 1.63. The van der Waals surface area contributed by atoms with Crippen LogP contribution < -0.4 is 10.1 Å². The van der Waals surface area contributed by atoms with Crippen molar-refractivity contribution in [3.63, 3.8) is 0 Å². The summed E-state index contributed by atoms with van der Waals surface area (Å²) in [4.78, 5) is 0. The van der Waals surface area contributed by atoms with Gasteiger partial charge in [-0.1, -0.05) is 13.8 Å². The quantitative estimate of drug-likeness (QED) is 0.727. The lowest BCUT2D eigenvalue weighted by Gasteiger charge is -2.15. The highest BCUT2D eigenvalue weighted by Crippen LogP contribution is 2.20. The van der Waals surface area contributed by atoms with Crippen LogP contribution in [0.5, 0.6) is 5.75 Å². The van der Waals surface area contributed by atoms with E-state index in [2.05, 4.69) is 19.2 Å². The van der Waals surface area contributed by atoms with Gasteiger partial charge in [0, 0.05) is 6.07 Å². The molecule has 0 aliphatic carbocycles. The number of hydrogen-bond acceptors (Lipinski definition) is 2. The zero-order valence-corrected chi connectivity index (χ0v) is 11.9. The molecule has 0 fully saturated rings. The van der Waals surface area contributed by atoms with E-state index in [-0.39, 0.29) is 11.9 Å². The Hall–Kier alpha value is -1.16. The normalized spacial score (nSPS) is 12.7. The van der Waals surface area contributed by atoms with Crippen LogP contribution in [0, 0.1) is 17.6 Å². The number of nitrogens with one attached hydrogen (secondary N) is 1. The number of hydrogen-bond donors (Lipinski definition) is 1. The van der Waals surface area contributed by atoms with Crippen LogP contribution >= 0.6 is 0 Å². The molecule has 0 spiro atoms. The number of rotatable bonds is 8. The van der Waals surface area contributed by atoms with Gasteiger partial charge in [0.1, 0.15) is 5.82 Å². The number of ether oxygens (including phenoxy) is 1. The third-order valence-corrected chi connectivity index (χ3v) is 2.74. The lowest BCUT2D eigenvalue weighted by Crippen LogP contribution is -2.22. The highest BCUT2D eigenvalue weighted by Gasteiger charge is 2.09. The zero-order valence-electron chi connectivity index (χ0n) is 11.9. The van der Waals surface area contributed by atoms with Gasteiger partial charge in [-0.15, -0.1) is 0 Å². The Kier molecular flexibility index (Phi) is 6.78. The van der Waals surface area contributed by atoms with Crippen molar-refractivity contribution in [2.24, 2.45) is 5.92 Å². The summed E-state index contributed by atoms with van der Waals surface area (Å²) in [5, 5.41) is 3.33. The minimum atomic E-state index is -0.522. The lowest BCUT2D eigenvalue weighted by molar-refractivity contribution is 0.197. The largest absolute Gasteiger partial charge is 0.488 e. The standard InChI is InChI=1S/C15H23F2NO/c1-11(2)10-18-8-4-5-12(3)19-15-9-13(16)6-7-14(15)17/h6-7,9,11-12,18H,4-5,8,10H2,1-3H3. The summed E-state index contributed by atoms with van der Waals surface area (Å²) in [6, 6.07) is 3.26. The van der Waals surface area contributed by atoms with Gasteiger partial charge in [0.15, 0.2) is 11.6 Å². The van der Waals surface area contributed by atoms with Gasteiger partial charge in [-0.25, -0.2) is 8.78 Å². The third-order valence-electron chi connectivity index (χ3n) is 2.74. The topological polar surface area (TPSA) is 21.3 Å². The fourth-order valence-electron chi connectivity index (χ4n) is 1.75. The number of halogens is 2. The number of benzene rings is 1. The molecule has 0 saturated heterocycles. The predicted molar refractivity (Wildman–Crippen MR) is 73.4 cm³/mol. The molecule has 1 N–H and O–H groups in total. The molecule has 19 heavy (non-hydrogen) atoms. The highest BCUT2D eigenvalue weighted by molar-refractivity contribution is 5.25. The molecular weight excluding hydrogens is 248 g/mol. The Morgan fingerprint density at radius 2 is 1.95 bits per heavy atom. The summed E-state index contributed by atoms with van der Waals surface area (Å²) < 4.78 is 31.7. The molecule has 0 heterocycles. The molecule has 1 aromatic rings. The Morgan fingerprint density at radius 3 is 2.63 bits per heavy atom. The monoisotopic (exact) mass is 271 g/mol. The minimum Gasteiger partial charge on any atom is -0.488 e. The van der Waals surface area contributed by atoms with Crippen LogP contribution in [-0.4, -0.2) is 19.2 Å². The van der Waals surface area contributed by atoms with Crippen LogP contribution in [0.25, 0.3) is 0 Å². The van der Waals surface area contributed by atoms with Gasteiger partial charge >= 0.3 is 0 Å². The van der Waals surface area contributed by atoms with Crippen molar-refractivity contribution >= 4 is 0 Å². The van der Waals surface area contributed by atoms with E-state index in [0.29, 0.717) is 5.92 Å². The summed E-state index contributed by atoms with van der Waals surface area (Å²) in [6.45, 7) is 8.09. The van der Waals surface area contributed by atoms with Crippen molar-refractivity contribution in [1.29, 1.82) is 0 Å². The fraction of sp³-hybridized carbons (Fsp3) is 0.600. The fourth-order valence-corrected chi connectivity index (χ4v) is 1.75. The Balaban J connectivity index is 2.27. The molecule has 0 aliphatic rings. The molecule has 0 amide bonds. The maximum atomic E-state index is 13.4. The molecule has 0 bridgehead atoms. The maximum absolute atomic E-state index is 13.4. The van der Waals surface area contributed by atoms with Gasteiger partial charge in [-0.05, 0) is 50.9 Å². The average Bonchev–Trinajstić information content (AvgIpc) is 2.33. The highest BCUT2D eigenvalue weighted by atomic mass is 19.1. The van der Waals surface area contributed by atoms with Crippen LogP contribution in [0.2, 0.25) is 0 Å².